The van der Waals surface area contributed by atoms with Crippen molar-refractivity contribution in [3.05, 3.63) is 28.0 Å². The average molecular weight is 228 g/mol. The molecule has 0 aliphatic carbocycles. The van der Waals surface area contributed by atoms with E-state index in [4.69, 9.17) is 0 Å². The van der Waals surface area contributed by atoms with Gasteiger partial charge < -0.3 is 0 Å². The van der Waals surface area contributed by atoms with Crippen LogP contribution in [-0.2, 0) is 5.41 Å². The third-order valence-corrected chi connectivity index (χ3v) is 2.76. The van der Waals surface area contributed by atoms with Crippen LogP contribution in [0.5, 0.6) is 0 Å². The minimum Gasteiger partial charge on any atom is -0.263 e. The van der Waals surface area contributed by atoms with Crippen molar-refractivity contribution in [3.63, 3.8) is 0 Å². The molecular formula is C10H14BrN. The Balaban J connectivity index is 3.26. The molecule has 0 amide bonds. The first-order valence-corrected chi connectivity index (χ1v) is 4.83. The van der Waals surface area contributed by atoms with Crippen molar-refractivity contribution in [3.8, 4) is 0 Å². The zero-order valence-electron chi connectivity index (χ0n) is 7.98. The van der Waals surface area contributed by atoms with E-state index in [-0.39, 0.29) is 5.41 Å². The molecule has 0 N–H and O–H groups in total. The maximum atomic E-state index is 4.16. The van der Waals surface area contributed by atoms with Crippen LogP contribution < -0.4 is 0 Å². The first-order chi connectivity index (χ1) is 5.43. The number of pyridine rings is 1. The van der Waals surface area contributed by atoms with Gasteiger partial charge in [0.1, 0.15) is 0 Å². The van der Waals surface area contributed by atoms with Gasteiger partial charge >= 0.3 is 0 Å². The van der Waals surface area contributed by atoms with E-state index >= 15 is 0 Å². The lowest BCUT2D eigenvalue weighted by Gasteiger charge is -2.21. The summed E-state index contributed by atoms with van der Waals surface area (Å²) in [6.07, 6.45) is 3.78. The largest absolute Gasteiger partial charge is 0.263 e. The highest BCUT2D eigenvalue weighted by Gasteiger charge is 2.17. The van der Waals surface area contributed by atoms with Gasteiger partial charge in [0, 0.05) is 16.9 Å². The number of rotatable bonds is 0. The van der Waals surface area contributed by atoms with Gasteiger partial charge in [0.05, 0.1) is 0 Å². The lowest BCUT2D eigenvalue weighted by molar-refractivity contribution is 0.582. The molecule has 0 saturated heterocycles. The Bertz CT molecular complexity index is 286. The molecule has 1 aromatic rings. The predicted molar refractivity (Wildman–Crippen MR) is 55.4 cm³/mol. The minimum absolute atomic E-state index is 0.181. The second-order valence-electron chi connectivity index (χ2n) is 4.04. The third kappa shape index (κ3) is 1.86. The summed E-state index contributed by atoms with van der Waals surface area (Å²) in [5.41, 5.74) is 2.77. The first-order valence-electron chi connectivity index (χ1n) is 4.03. The van der Waals surface area contributed by atoms with Gasteiger partial charge in [0.25, 0.3) is 0 Å². The van der Waals surface area contributed by atoms with Crippen LogP contribution in [0.25, 0.3) is 0 Å². The smallest absolute Gasteiger partial charge is 0.0413 e. The molecular weight excluding hydrogens is 214 g/mol. The Labute approximate surface area is 82.3 Å². The highest BCUT2D eigenvalue weighted by molar-refractivity contribution is 9.10. The standard InChI is InChI=1S/C10H14BrN/c1-7-8(10(2,3)4)5-12-6-9(7)11/h5-6H,1-4H3. The Morgan fingerprint density at radius 1 is 1.25 bits per heavy atom. The van der Waals surface area contributed by atoms with E-state index in [1.54, 1.807) is 0 Å². The van der Waals surface area contributed by atoms with Crippen molar-refractivity contribution in [1.82, 2.24) is 4.98 Å². The molecule has 0 spiro atoms. The molecule has 0 bridgehead atoms. The summed E-state index contributed by atoms with van der Waals surface area (Å²) in [4.78, 5) is 4.16. The Kier molecular flexibility index (Phi) is 2.57. The quantitative estimate of drug-likeness (QED) is 0.662. The molecule has 0 fully saturated rings. The van der Waals surface area contributed by atoms with Crippen molar-refractivity contribution in [2.24, 2.45) is 0 Å². The molecule has 0 aromatic carbocycles. The summed E-state index contributed by atoms with van der Waals surface area (Å²) < 4.78 is 1.09. The summed E-state index contributed by atoms with van der Waals surface area (Å²) in [6.45, 7) is 8.71. The fourth-order valence-electron chi connectivity index (χ4n) is 1.26. The summed E-state index contributed by atoms with van der Waals surface area (Å²) in [5.74, 6) is 0. The number of nitrogens with zero attached hydrogens (tertiary/aromatic N) is 1. The third-order valence-electron chi connectivity index (χ3n) is 1.96. The molecule has 1 rings (SSSR count). The molecule has 2 heteroatoms. The summed E-state index contributed by atoms with van der Waals surface area (Å²) in [5, 5.41) is 0. The molecule has 0 unspecified atom stereocenters. The average Bonchev–Trinajstić information content (AvgIpc) is 1.92. The number of aromatic nitrogens is 1. The van der Waals surface area contributed by atoms with Gasteiger partial charge in [-0.2, -0.15) is 0 Å². The van der Waals surface area contributed by atoms with Crippen LogP contribution in [0.3, 0.4) is 0 Å². The van der Waals surface area contributed by atoms with E-state index in [0.717, 1.165) is 4.47 Å². The number of halogens is 1. The van der Waals surface area contributed by atoms with Gasteiger partial charge in [0.15, 0.2) is 0 Å². The van der Waals surface area contributed by atoms with Gasteiger partial charge in [-0.1, -0.05) is 20.8 Å². The van der Waals surface area contributed by atoms with E-state index in [9.17, 15) is 0 Å². The number of hydrogen-bond donors (Lipinski definition) is 0. The Hall–Kier alpha value is -0.370. The van der Waals surface area contributed by atoms with E-state index in [0.29, 0.717) is 0 Å². The predicted octanol–water partition coefficient (Wildman–Crippen LogP) is 3.45. The normalized spacial score (nSPS) is 11.8. The maximum absolute atomic E-state index is 4.16. The van der Waals surface area contributed by atoms with Crippen molar-refractivity contribution in [2.45, 2.75) is 33.1 Å². The molecule has 0 saturated carbocycles. The highest BCUT2D eigenvalue weighted by Crippen LogP contribution is 2.28. The number of hydrogen-bond acceptors (Lipinski definition) is 1. The van der Waals surface area contributed by atoms with Crippen molar-refractivity contribution >= 4 is 15.9 Å². The fourth-order valence-corrected chi connectivity index (χ4v) is 1.59. The molecule has 0 radical (unpaired) electrons. The van der Waals surface area contributed by atoms with Crippen LogP contribution in [0.1, 0.15) is 31.9 Å². The van der Waals surface area contributed by atoms with E-state index < -0.39 is 0 Å². The molecule has 1 aromatic heterocycles. The monoisotopic (exact) mass is 227 g/mol. The molecule has 1 nitrogen and oxygen atoms in total. The SMILES string of the molecule is Cc1c(Br)cncc1C(C)(C)C. The van der Waals surface area contributed by atoms with Gasteiger partial charge in [-0.25, -0.2) is 0 Å². The van der Waals surface area contributed by atoms with Crippen LogP contribution in [0.2, 0.25) is 0 Å². The molecule has 0 aliphatic heterocycles. The summed E-state index contributed by atoms with van der Waals surface area (Å²) >= 11 is 3.48. The molecule has 0 atom stereocenters. The van der Waals surface area contributed by atoms with Crippen LogP contribution >= 0.6 is 15.9 Å². The van der Waals surface area contributed by atoms with E-state index in [2.05, 4.69) is 48.6 Å². The van der Waals surface area contributed by atoms with E-state index in [1.165, 1.54) is 11.1 Å². The van der Waals surface area contributed by atoms with Gasteiger partial charge in [-0.15, -0.1) is 0 Å². The van der Waals surface area contributed by atoms with Crippen LogP contribution in [0, 0.1) is 6.92 Å². The summed E-state index contributed by atoms with van der Waals surface area (Å²) in [6, 6.07) is 0. The first kappa shape index (κ1) is 9.72. The van der Waals surface area contributed by atoms with Crippen molar-refractivity contribution < 1.29 is 0 Å². The second kappa shape index (κ2) is 3.17. The zero-order valence-corrected chi connectivity index (χ0v) is 9.57. The zero-order chi connectivity index (χ0) is 9.35. The molecule has 0 aliphatic rings. The van der Waals surface area contributed by atoms with Crippen molar-refractivity contribution in [1.29, 1.82) is 0 Å². The Morgan fingerprint density at radius 2 is 1.83 bits per heavy atom. The molecule has 66 valence electrons. The van der Waals surface area contributed by atoms with Crippen LogP contribution in [0.15, 0.2) is 16.9 Å². The Morgan fingerprint density at radius 3 is 2.25 bits per heavy atom. The van der Waals surface area contributed by atoms with Gasteiger partial charge in [-0.05, 0) is 39.4 Å². The fraction of sp³-hybridized carbons (Fsp3) is 0.500. The molecule has 12 heavy (non-hydrogen) atoms. The van der Waals surface area contributed by atoms with E-state index in [1.807, 2.05) is 12.4 Å². The minimum atomic E-state index is 0.181. The topological polar surface area (TPSA) is 12.9 Å². The second-order valence-corrected chi connectivity index (χ2v) is 4.90. The molecule has 1 heterocycles. The lowest BCUT2D eigenvalue weighted by Crippen LogP contribution is -2.13. The van der Waals surface area contributed by atoms with Gasteiger partial charge in [-0.3, -0.25) is 4.98 Å². The maximum Gasteiger partial charge on any atom is 0.0413 e. The van der Waals surface area contributed by atoms with Crippen LogP contribution in [0.4, 0.5) is 0 Å². The highest BCUT2D eigenvalue weighted by atomic mass is 79.9. The van der Waals surface area contributed by atoms with Gasteiger partial charge in [0.2, 0.25) is 0 Å². The summed E-state index contributed by atoms with van der Waals surface area (Å²) in [7, 11) is 0. The van der Waals surface area contributed by atoms with Crippen molar-refractivity contribution in [2.75, 3.05) is 0 Å². The van der Waals surface area contributed by atoms with Crippen LogP contribution in [-0.4, -0.2) is 4.98 Å². The lowest BCUT2D eigenvalue weighted by atomic mass is 9.85.